The topological polar surface area (TPSA) is 37.1 Å². The first-order valence-electron chi connectivity index (χ1n) is 6.83. The first kappa shape index (κ1) is 10.4. The predicted octanol–water partition coefficient (Wildman–Crippen LogP) is 2.68. The molecule has 92 valence electrons. The molecular weight excluding hydrogens is 226 g/mol. The minimum absolute atomic E-state index is 0.0577. The van der Waals surface area contributed by atoms with E-state index < -0.39 is 0 Å². The Morgan fingerprint density at radius 3 is 2.94 bits per heavy atom. The van der Waals surface area contributed by atoms with Gasteiger partial charge in [-0.05, 0) is 12.8 Å². The Kier molecular flexibility index (Phi) is 1.90. The number of nitrogens with zero attached hydrogens (tertiary/aromatic N) is 1. The molecule has 1 saturated heterocycles. The molecular formula is C15H16NO2+. The first-order valence-corrected chi connectivity index (χ1v) is 6.83. The van der Waals surface area contributed by atoms with Crippen molar-refractivity contribution in [1.82, 2.24) is 0 Å². The Morgan fingerprint density at radius 2 is 2.06 bits per heavy atom. The second-order valence-electron chi connectivity index (χ2n) is 5.85. The Hall–Kier alpha value is -1.51. The van der Waals surface area contributed by atoms with Crippen molar-refractivity contribution in [2.75, 3.05) is 6.54 Å². The normalized spacial score (nSPS) is 37.3. The highest BCUT2D eigenvalue weighted by Gasteiger charge is 2.68. The van der Waals surface area contributed by atoms with Crippen LogP contribution in [0.3, 0.4) is 0 Å². The van der Waals surface area contributed by atoms with Gasteiger partial charge in [0.05, 0.1) is 5.92 Å². The molecule has 2 bridgehead atoms. The lowest BCUT2D eigenvalue weighted by Gasteiger charge is -2.37. The Labute approximate surface area is 106 Å². The molecule has 0 amide bonds. The van der Waals surface area contributed by atoms with E-state index in [4.69, 9.17) is 0 Å². The van der Waals surface area contributed by atoms with Crippen molar-refractivity contribution in [3.05, 3.63) is 40.3 Å². The summed E-state index contributed by atoms with van der Waals surface area (Å²) < 4.78 is 1.23. The molecule has 18 heavy (non-hydrogen) atoms. The second-order valence-corrected chi connectivity index (χ2v) is 5.85. The van der Waals surface area contributed by atoms with Crippen molar-refractivity contribution in [1.29, 1.82) is 0 Å². The molecule has 3 nitrogen and oxygen atoms in total. The minimum atomic E-state index is -0.382. The van der Waals surface area contributed by atoms with Crippen molar-refractivity contribution in [3.63, 3.8) is 0 Å². The third-order valence-electron chi connectivity index (χ3n) is 5.23. The van der Waals surface area contributed by atoms with Crippen LogP contribution in [0.1, 0.15) is 41.6 Å². The molecule has 1 heterocycles. The van der Waals surface area contributed by atoms with Crippen LogP contribution >= 0.6 is 0 Å². The Balaban J connectivity index is 2.03. The molecule has 2 fully saturated rings. The lowest BCUT2D eigenvalue weighted by molar-refractivity contribution is -0.623. The molecule has 1 aliphatic heterocycles. The van der Waals surface area contributed by atoms with Crippen LogP contribution in [0.5, 0.6) is 0 Å². The number of nitroso groups, excluding NO2 is 1. The van der Waals surface area contributed by atoms with Crippen molar-refractivity contribution in [2.45, 2.75) is 31.2 Å². The van der Waals surface area contributed by atoms with Gasteiger partial charge in [0, 0.05) is 33.1 Å². The Morgan fingerprint density at radius 1 is 1.22 bits per heavy atom. The van der Waals surface area contributed by atoms with Crippen LogP contribution in [0.4, 0.5) is 0 Å². The summed E-state index contributed by atoms with van der Waals surface area (Å²) in [6.07, 6.45) is 4.21. The smallest absolute Gasteiger partial charge is 0.239 e. The number of benzene rings is 1. The third kappa shape index (κ3) is 0.995. The van der Waals surface area contributed by atoms with Gasteiger partial charge in [0.15, 0.2) is 5.78 Å². The number of carbonyl (C=O) groups excluding carboxylic acids is 1. The van der Waals surface area contributed by atoms with E-state index in [-0.39, 0.29) is 23.2 Å². The highest BCUT2D eigenvalue weighted by molar-refractivity contribution is 6.01. The molecule has 1 aromatic carbocycles. The molecule has 0 N–H and O–H groups in total. The maximum absolute atomic E-state index is 12.5. The van der Waals surface area contributed by atoms with Gasteiger partial charge < -0.3 is 0 Å². The SMILES string of the molecule is O=C1c2ccccc2[C@]23CCCC[C@H]2[C@@H]1C[N+]3=O. The zero-order valence-corrected chi connectivity index (χ0v) is 10.3. The summed E-state index contributed by atoms with van der Waals surface area (Å²) in [5.74, 6) is 0.398. The summed E-state index contributed by atoms with van der Waals surface area (Å²) in [7, 11) is 0. The van der Waals surface area contributed by atoms with Gasteiger partial charge in [-0.15, -0.1) is 0 Å². The molecule has 0 aromatic heterocycles. The average Bonchev–Trinajstić information content (AvgIpc) is 2.68. The highest BCUT2D eigenvalue weighted by Crippen LogP contribution is 2.56. The van der Waals surface area contributed by atoms with Crippen LogP contribution in [0, 0.1) is 16.7 Å². The number of hydrogen-bond donors (Lipinski definition) is 0. The predicted molar refractivity (Wildman–Crippen MR) is 66.4 cm³/mol. The molecule has 2 aliphatic carbocycles. The molecule has 0 radical (unpaired) electrons. The van der Waals surface area contributed by atoms with Crippen LogP contribution in [0.15, 0.2) is 24.3 Å². The van der Waals surface area contributed by atoms with Gasteiger partial charge in [0.2, 0.25) is 12.1 Å². The van der Waals surface area contributed by atoms with Crippen LogP contribution in [0.25, 0.3) is 0 Å². The summed E-state index contributed by atoms with van der Waals surface area (Å²) in [5.41, 5.74) is 1.43. The summed E-state index contributed by atoms with van der Waals surface area (Å²) in [5, 5.41) is 0. The zero-order chi connectivity index (χ0) is 12.3. The number of fused-ring (bicyclic) bond motifs is 1. The average molecular weight is 242 g/mol. The van der Waals surface area contributed by atoms with E-state index in [1.54, 1.807) is 0 Å². The maximum Gasteiger partial charge on any atom is 0.239 e. The molecule has 3 heteroatoms. The summed E-state index contributed by atoms with van der Waals surface area (Å²) in [4.78, 5) is 25.0. The number of carbonyl (C=O) groups is 1. The van der Waals surface area contributed by atoms with E-state index in [2.05, 4.69) is 0 Å². The van der Waals surface area contributed by atoms with Gasteiger partial charge in [0.25, 0.3) is 0 Å². The maximum atomic E-state index is 12.5. The standard InChI is InChI=1S/C15H16NO2/c17-14-10-5-1-2-6-12(10)15-8-4-3-7-13(15)11(14)9-16(15)18/h1-2,5-6,11,13H,3-4,7-9H2/q+1/t11-,13-,15+/m0/s1. The van der Waals surface area contributed by atoms with E-state index in [0.717, 1.165) is 36.8 Å². The molecule has 0 spiro atoms. The zero-order valence-electron chi connectivity index (χ0n) is 10.3. The van der Waals surface area contributed by atoms with Gasteiger partial charge in [-0.25, -0.2) is 0 Å². The molecule has 3 aliphatic rings. The summed E-state index contributed by atoms with van der Waals surface area (Å²) in [6.45, 7) is 0.401. The van der Waals surface area contributed by atoms with E-state index in [9.17, 15) is 9.70 Å². The van der Waals surface area contributed by atoms with Crippen molar-refractivity contribution in [2.24, 2.45) is 11.8 Å². The van der Waals surface area contributed by atoms with E-state index in [1.165, 1.54) is 4.76 Å². The Bertz CT molecular complexity index is 565. The molecule has 4 rings (SSSR count). The van der Waals surface area contributed by atoms with Crippen LogP contribution in [-0.4, -0.2) is 17.1 Å². The fourth-order valence-corrected chi connectivity index (χ4v) is 4.50. The van der Waals surface area contributed by atoms with Crippen molar-refractivity contribution in [3.8, 4) is 0 Å². The van der Waals surface area contributed by atoms with Gasteiger partial charge in [-0.2, -0.15) is 0 Å². The largest absolute Gasteiger partial charge is 0.294 e. The quantitative estimate of drug-likeness (QED) is 0.656. The third-order valence-corrected chi connectivity index (χ3v) is 5.23. The summed E-state index contributed by atoms with van der Waals surface area (Å²) in [6, 6.07) is 7.76. The fraction of sp³-hybridized carbons (Fsp3) is 0.533. The van der Waals surface area contributed by atoms with E-state index >= 15 is 0 Å². The molecule has 3 atom stereocenters. The lowest BCUT2D eigenvalue weighted by atomic mass is 9.61. The highest BCUT2D eigenvalue weighted by atomic mass is 16.3. The lowest BCUT2D eigenvalue weighted by Crippen LogP contribution is -2.46. The van der Waals surface area contributed by atoms with Gasteiger partial charge >= 0.3 is 0 Å². The summed E-state index contributed by atoms with van der Waals surface area (Å²) >= 11 is 0. The second kappa shape index (κ2) is 3.28. The number of rotatable bonds is 0. The molecule has 1 aromatic rings. The van der Waals surface area contributed by atoms with Gasteiger partial charge in [-0.3, -0.25) is 4.79 Å². The molecule has 1 saturated carbocycles. The van der Waals surface area contributed by atoms with Gasteiger partial charge in [-0.1, -0.05) is 30.7 Å². The minimum Gasteiger partial charge on any atom is -0.294 e. The van der Waals surface area contributed by atoms with Crippen molar-refractivity contribution >= 4 is 5.78 Å². The molecule has 0 unspecified atom stereocenters. The number of ketones is 1. The van der Waals surface area contributed by atoms with E-state index in [1.807, 2.05) is 24.3 Å². The first-order chi connectivity index (χ1) is 8.75. The van der Waals surface area contributed by atoms with Crippen LogP contribution < -0.4 is 0 Å². The van der Waals surface area contributed by atoms with Crippen LogP contribution in [0.2, 0.25) is 0 Å². The van der Waals surface area contributed by atoms with Crippen LogP contribution in [-0.2, 0) is 5.54 Å². The number of Topliss-reactive ketones (excluding diaryl/α,β-unsaturated/α-hetero) is 1. The van der Waals surface area contributed by atoms with Gasteiger partial charge in [0.1, 0.15) is 0 Å². The monoisotopic (exact) mass is 242 g/mol. The fourth-order valence-electron chi connectivity index (χ4n) is 4.50. The van der Waals surface area contributed by atoms with Crippen molar-refractivity contribution < 1.29 is 9.55 Å². The number of hydrogen-bond acceptors (Lipinski definition) is 2. The van der Waals surface area contributed by atoms with E-state index in [0.29, 0.717) is 6.54 Å².